The van der Waals surface area contributed by atoms with Gasteiger partial charge in [-0.15, -0.1) is 0 Å². The van der Waals surface area contributed by atoms with Crippen molar-refractivity contribution in [3.8, 4) is 5.88 Å². The Morgan fingerprint density at radius 3 is 2.70 bits per heavy atom. The molecule has 2 rings (SSSR count). The van der Waals surface area contributed by atoms with Crippen molar-refractivity contribution in [1.29, 1.82) is 0 Å². The number of nitrogen functional groups attached to an aromatic ring is 1. The van der Waals surface area contributed by atoms with E-state index in [4.69, 9.17) is 22.1 Å². The van der Waals surface area contributed by atoms with Crippen molar-refractivity contribution in [2.75, 3.05) is 11.1 Å². The van der Waals surface area contributed by atoms with Crippen molar-refractivity contribution < 1.29 is 4.74 Å². The quantitative estimate of drug-likeness (QED) is 0.901. The van der Waals surface area contributed by atoms with E-state index in [0.717, 1.165) is 11.3 Å². The van der Waals surface area contributed by atoms with E-state index in [0.29, 0.717) is 22.4 Å². The van der Waals surface area contributed by atoms with E-state index < -0.39 is 0 Å². The van der Waals surface area contributed by atoms with Crippen LogP contribution in [0.1, 0.15) is 19.4 Å². The van der Waals surface area contributed by atoms with Crippen LogP contribution in [0.15, 0.2) is 24.5 Å². The third kappa shape index (κ3) is 3.30. The predicted octanol–water partition coefficient (Wildman–Crippen LogP) is 3.55. The molecular formula is C14H17ClN4O. The summed E-state index contributed by atoms with van der Waals surface area (Å²) < 4.78 is 5.54. The summed E-state index contributed by atoms with van der Waals surface area (Å²) in [5.41, 5.74) is 8.29. The Kier molecular flexibility index (Phi) is 4.29. The van der Waals surface area contributed by atoms with Crippen LogP contribution in [0.5, 0.6) is 5.88 Å². The van der Waals surface area contributed by atoms with Crippen LogP contribution in [0.4, 0.5) is 17.2 Å². The van der Waals surface area contributed by atoms with Crippen molar-refractivity contribution >= 4 is 28.8 Å². The number of hydrogen-bond donors (Lipinski definition) is 2. The van der Waals surface area contributed by atoms with Gasteiger partial charge in [-0.05, 0) is 44.5 Å². The summed E-state index contributed by atoms with van der Waals surface area (Å²) in [5.74, 6) is 0.894. The van der Waals surface area contributed by atoms with Crippen LogP contribution in [-0.4, -0.2) is 16.1 Å². The maximum Gasteiger partial charge on any atom is 0.242 e. The summed E-state index contributed by atoms with van der Waals surface area (Å²) in [7, 11) is 0. The van der Waals surface area contributed by atoms with Crippen molar-refractivity contribution in [2.45, 2.75) is 26.9 Å². The number of aromatic nitrogens is 2. The van der Waals surface area contributed by atoms with Crippen molar-refractivity contribution in [3.05, 3.63) is 35.1 Å². The van der Waals surface area contributed by atoms with E-state index in [-0.39, 0.29) is 6.10 Å². The summed E-state index contributed by atoms with van der Waals surface area (Å²) in [6.45, 7) is 5.78. The van der Waals surface area contributed by atoms with E-state index in [1.165, 1.54) is 6.33 Å². The molecule has 0 unspecified atom stereocenters. The molecule has 1 aromatic carbocycles. The molecule has 1 heterocycles. The highest BCUT2D eigenvalue weighted by atomic mass is 35.5. The maximum absolute atomic E-state index is 6.02. The largest absolute Gasteiger partial charge is 0.473 e. The number of rotatable bonds is 4. The second kappa shape index (κ2) is 5.96. The van der Waals surface area contributed by atoms with Gasteiger partial charge in [-0.3, -0.25) is 0 Å². The van der Waals surface area contributed by atoms with E-state index in [1.54, 1.807) is 6.07 Å². The van der Waals surface area contributed by atoms with Gasteiger partial charge in [-0.25, -0.2) is 4.98 Å². The smallest absolute Gasteiger partial charge is 0.242 e. The van der Waals surface area contributed by atoms with Gasteiger partial charge in [0.25, 0.3) is 0 Å². The predicted molar refractivity (Wildman–Crippen MR) is 81.7 cm³/mol. The standard InChI is InChI=1S/C14H17ClN4O/c1-8(2)20-14-12(16)13(17-7-18-14)19-11-5-4-10(15)6-9(11)3/h4-8H,16H2,1-3H3,(H,17,18,19). The van der Waals surface area contributed by atoms with Crippen molar-refractivity contribution in [1.82, 2.24) is 9.97 Å². The normalized spacial score (nSPS) is 10.7. The number of nitrogens with one attached hydrogen (secondary N) is 1. The minimum absolute atomic E-state index is 0.00248. The first kappa shape index (κ1) is 14.4. The highest BCUT2D eigenvalue weighted by molar-refractivity contribution is 6.30. The highest BCUT2D eigenvalue weighted by Gasteiger charge is 2.11. The van der Waals surface area contributed by atoms with Crippen LogP contribution in [0.2, 0.25) is 5.02 Å². The van der Waals surface area contributed by atoms with Crippen molar-refractivity contribution in [3.63, 3.8) is 0 Å². The molecule has 0 radical (unpaired) electrons. The molecule has 0 saturated carbocycles. The third-order valence-electron chi connectivity index (χ3n) is 2.64. The number of aryl methyl sites for hydroxylation is 1. The summed E-state index contributed by atoms with van der Waals surface area (Å²) >= 11 is 5.94. The number of nitrogens with two attached hydrogens (primary N) is 1. The van der Waals surface area contributed by atoms with Gasteiger partial charge >= 0.3 is 0 Å². The maximum atomic E-state index is 6.02. The Morgan fingerprint density at radius 1 is 1.30 bits per heavy atom. The monoisotopic (exact) mass is 292 g/mol. The van der Waals surface area contributed by atoms with Gasteiger partial charge in [0.2, 0.25) is 5.88 Å². The molecule has 20 heavy (non-hydrogen) atoms. The number of benzene rings is 1. The molecule has 5 nitrogen and oxygen atoms in total. The lowest BCUT2D eigenvalue weighted by atomic mass is 10.2. The zero-order valence-corrected chi connectivity index (χ0v) is 12.4. The fraction of sp³-hybridized carbons (Fsp3) is 0.286. The van der Waals surface area contributed by atoms with Crippen LogP contribution in [-0.2, 0) is 0 Å². The number of anilines is 3. The first-order valence-corrected chi connectivity index (χ1v) is 6.65. The lowest BCUT2D eigenvalue weighted by molar-refractivity contribution is 0.234. The first-order chi connectivity index (χ1) is 9.47. The molecule has 1 aromatic heterocycles. The molecule has 0 aliphatic carbocycles. The molecule has 0 spiro atoms. The Bertz CT molecular complexity index is 616. The lowest BCUT2D eigenvalue weighted by Crippen LogP contribution is -2.11. The molecule has 3 N–H and O–H groups in total. The minimum Gasteiger partial charge on any atom is -0.473 e. The Morgan fingerprint density at radius 2 is 2.05 bits per heavy atom. The SMILES string of the molecule is Cc1cc(Cl)ccc1Nc1ncnc(OC(C)C)c1N. The van der Waals surface area contributed by atoms with Gasteiger partial charge in [0.05, 0.1) is 6.10 Å². The zero-order valence-electron chi connectivity index (χ0n) is 11.6. The van der Waals surface area contributed by atoms with Gasteiger partial charge in [0.1, 0.15) is 12.0 Å². The summed E-state index contributed by atoms with van der Waals surface area (Å²) in [6, 6.07) is 5.55. The van der Waals surface area contributed by atoms with Gasteiger partial charge in [-0.1, -0.05) is 11.6 Å². The Hall–Kier alpha value is -2.01. The number of nitrogens with zero attached hydrogens (tertiary/aromatic N) is 2. The Labute approximate surface area is 123 Å². The topological polar surface area (TPSA) is 73.1 Å². The highest BCUT2D eigenvalue weighted by Crippen LogP contribution is 2.29. The third-order valence-corrected chi connectivity index (χ3v) is 2.87. The zero-order chi connectivity index (χ0) is 14.7. The van der Waals surface area contributed by atoms with E-state index in [2.05, 4.69) is 15.3 Å². The summed E-state index contributed by atoms with van der Waals surface area (Å²) in [5, 5.41) is 3.85. The van der Waals surface area contributed by atoms with E-state index in [9.17, 15) is 0 Å². The van der Waals surface area contributed by atoms with Gasteiger partial charge in [0.15, 0.2) is 5.82 Å². The van der Waals surface area contributed by atoms with Crippen LogP contribution < -0.4 is 15.8 Å². The molecule has 0 bridgehead atoms. The van der Waals surface area contributed by atoms with Crippen molar-refractivity contribution in [2.24, 2.45) is 0 Å². The molecule has 2 aromatic rings. The fourth-order valence-corrected chi connectivity index (χ4v) is 1.92. The first-order valence-electron chi connectivity index (χ1n) is 6.27. The average Bonchev–Trinajstić information content (AvgIpc) is 2.36. The Balaban J connectivity index is 2.29. The van der Waals surface area contributed by atoms with Crippen LogP contribution in [0.3, 0.4) is 0 Å². The second-order valence-corrected chi connectivity index (χ2v) is 5.13. The molecular weight excluding hydrogens is 276 g/mol. The molecule has 106 valence electrons. The van der Waals surface area contributed by atoms with Crippen LogP contribution >= 0.6 is 11.6 Å². The second-order valence-electron chi connectivity index (χ2n) is 4.69. The molecule has 0 amide bonds. The average molecular weight is 293 g/mol. The molecule has 6 heteroatoms. The van der Waals surface area contributed by atoms with Gasteiger partial charge in [0, 0.05) is 10.7 Å². The van der Waals surface area contributed by atoms with Crippen LogP contribution in [0, 0.1) is 6.92 Å². The van der Waals surface area contributed by atoms with Gasteiger partial charge < -0.3 is 15.8 Å². The van der Waals surface area contributed by atoms with E-state index >= 15 is 0 Å². The summed E-state index contributed by atoms with van der Waals surface area (Å²) in [4.78, 5) is 8.18. The fourth-order valence-electron chi connectivity index (χ4n) is 1.69. The van der Waals surface area contributed by atoms with E-state index in [1.807, 2.05) is 32.9 Å². The summed E-state index contributed by atoms with van der Waals surface area (Å²) in [6.07, 6.45) is 1.42. The minimum atomic E-state index is -0.00248. The number of hydrogen-bond acceptors (Lipinski definition) is 5. The number of halogens is 1. The molecule has 0 fully saturated rings. The van der Waals surface area contributed by atoms with Crippen LogP contribution in [0.25, 0.3) is 0 Å². The molecule has 0 saturated heterocycles. The number of ether oxygens (including phenoxy) is 1. The molecule has 0 aliphatic rings. The molecule has 0 aliphatic heterocycles. The lowest BCUT2D eigenvalue weighted by Gasteiger charge is -2.14. The van der Waals surface area contributed by atoms with Gasteiger partial charge in [-0.2, -0.15) is 4.98 Å². The molecule has 0 atom stereocenters.